The molecule has 1 aromatic rings. The van der Waals surface area contributed by atoms with Crippen molar-refractivity contribution in [2.45, 2.75) is 13.8 Å². The van der Waals surface area contributed by atoms with Crippen molar-refractivity contribution in [3.05, 3.63) is 31.0 Å². The van der Waals surface area contributed by atoms with Crippen LogP contribution in [0.4, 0.5) is 0 Å². The molecule has 0 atom stereocenters. The second-order valence-corrected chi connectivity index (χ2v) is 1.99. The Labute approximate surface area is 73.8 Å². The minimum absolute atomic E-state index is 0.762. The van der Waals surface area contributed by atoms with Crippen LogP contribution in [0.25, 0.3) is 12.2 Å². The van der Waals surface area contributed by atoms with Crippen LogP contribution in [0.3, 0.4) is 0 Å². The molecule has 0 amide bonds. The molecule has 2 nitrogen and oxygen atoms in total. The number of hydrogen-bond acceptors (Lipinski definition) is 1. The highest BCUT2D eigenvalue weighted by Crippen LogP contribution is 2.05. The first kappa shape index (κ1) is 10.7. The van der Waals surface area contributed by atoms with Gasteiger partial charge in [-0.05, 0) is 6.08 Å². The summed E-state index contributed by atoms with van der Waals surface area (Å²) < 4.78 is 6.96. The van der Waals surface area contributed by atoms with Gasteiger partial charge in [0.05, 0.1) is 0 Å². The third-order valence-electron chi connectivity index (χ3n) is 1.35. The van der Waals surface area contributed by atoms with E-state index in [0.29, 0.717) is 0 Å². The summed E-state index contributed by atoms with van der Waals surface area (Å²) in [5.74, 6) is 0.762. The van der Waals surface area contributed by atoms with Crippen molar-refractivity contribution in [2.75, 3.05) is 0 Å². The second kappa shape index (κ2) is 5.35. The predicted molar refractivity (Wildman–Crippen MR) is 51.4 cm³/mol. The summed E-state index contributed by atoms with van der Waals surface area (Å²) in [4.78, 5) is 0. The molecule has 12 heavy (non-hydrogen) atoms. The van der Waals surface area contributed by atoms with Gasteiger partial charge in [-0.1, -0.05) is 27.0 Å². The molecular weight excluding hydrogens is 150 g/mol. The summed E-state index contributed by atoms with van der Waals surface area (Å²) in [5, 5.41) is 0. The van der Waals surface area contributed by atoms with Gasteiger partial charge in [0.15, 0.2) is 0 Å². The summed E-state index contributed by atoms with van der Waals surface area (Å²) in [6.07, 6.45) is 5.02. The SMILES string of the molecule is C=Cc1oc[n+](C)c1C=C.CC. The summed E-state index contributed by atoms with van der Waals surface area (Å²) >= 11 is 0. The zero-order valence-corrected chi connectivity index (χ0v) is 8.00. The molecule has 0 bridgehead atoms. The average molecular weight is 166 g/mol. The molecule has 1 heterocycles. The molecule has 1 rings (SSSR count). The minimum atomic E-state index is 0.762. The number of rotatable bonds is 2. The van der Waals surface area contributed by atoms with E-state index in [1.54, 1.807) is 18.5 Å². The largest absolute Gasteiger partial charge is 0.404 e. The van der Waals surface area contributed by atoms with Gasteiger partial charge in [-0.3, -0.25) is 0 Å². The second-order valence-electron chi connectivity index (χ2n) is 1.99. The lowest BCUT2D eigenvalue weighted by Gasteiger charge is -1.80. The van der Waals surface area contributed by atoms with E-state index < -0.39 is 0 Å². The van der Waals surface area contributed by atoms with Gasteiger partial charge in [-0.15, -0.1) is 0 Å². The molecule has 0 spiro atoms. The summed E-state index contributed by atoms with van der Waals surface area (Å²) in [6.45, 7) is 11.2. The molecular formula is C10H16NO+. The molecule has 0 radical (unpaired) electrons. The van der Waals surface area contributed by atoms with Crippen molar-refractivity contribution >= 4 is 12.2 Å². The van der Waals surface area contributed by atoms with Gasteiger partial charge in [0.2, 0.25) is 11.5 Å². The zero-order valence-electron chi connectivity index (χ0n) is 8.00. The van der Waals surface area contributed by atoms with E-state index in [1.165, 1.54) is 0 Å². The summed E-state index contributed by atoms with van der Waals surface area (Å²) in [6, 6.07) is 0. The molecule has 1 aromatic heterocycles. The molecule has 0 aliphatic rings. The number of hydrogen-bond donors (Lipinski definition) is 0. The molecule has 0 N–H and O–H groups in total. The van der Waals surface area contributed by atoms with Crippen LogP contribution >= 0.6 is 0 Å². The molecule has 0 unspecified atom stereocenters. The Hall–Kier alpha value is -1.31. The van der Waals surface area contributed by atoms with Gasteiger partial charge in [0.1, 0.15) is 7.05 Å². The lowest BCUT2D eigenvalue weighted by Crippen LogP contribution is -2.27. The quantitative estimate of drug-likeness (QED) is 0.617. The molecule has 0 fully saturated rings. The number of aromatic nitrogens is 1. The Balaban J connectivity index is 0.000000561. The van der Waals surface area contributed by atoms with Crippen LogP contribution in [-0.2, 0) is 7.05 Å². The highest BCUT2D eigenvalue weighted by Gasteiger charge is 2.10. The molecule has 66 valence electrons. The maximum absolute atomic E-state index is 5.11. The third kappa shape index (κ3) is 2.09. The molecule has 0 saturated heterocycles. The number of oxazole rings is 1. The van der Waals surface area contributed by atoms with Crippen molar-refractivity contribution in [1.29, 1.82) is 0 Å². The van der Waals surface area contributed by atoms with E-state index in [2.05, 4.69) is 13.2 Å². The average Bonchev–Trinajstić information content (AvgIpc) is 2.49. The Kier molecular flexibility index (Phi) is 4.77. The van der Waals surface area contributed by atoms with Crippen LogP contribution in [0.5, 0.6) is 0 Å². The van der Waals surface area contributed by atoms with Gasteiger partial charge in [-0.2, -0.15) is 4.57 Å². The van der Waals surface area contributed by atoms with Gasteiger partial charge >= 0.3 is 6.39 Å². The topological polar surface area (TPSA) is 17.0 Å². The van der Waals surface area contributed by atoms with E-state index in [9.17, 15) is 0 Å². The highest BCUT2D eigenvalue weighted by atomic mass is 16.3. The molecule has 2 heteroatoms. The lowest BCUT2D eigenvalue weighted by molar-refractivity contribution is -0.676. The molecule has 0 aromatic carbocycles. The molecule has 0 saturated carbocycles. The van der Waals surface area contributed by atoms with Crippen LogP contribution in [-0.4, -0.2) is 0 Å². The van der Waals surface area contributed by atoms with Crippen molar-refractivity contribution in [3.8, 4) is 0 Å². The smallest absolute Gasteiger partial charge is 0.335 e. The first-order valence-electron chi connectivity index (χ1n) is 4.01. The van der Waals surface area contributed by atoms with E-state index >= 15 is 0 Å². The molecule has 0 aliphatic heterocycles. The third-order valence-corrected chi connectivity index (χ3v) is 1.35. The van der Waals surface area contributed by atoms with Crippen LogP contribution in [0.15, 0.2) is 24.0 Å². The highest BCUT2D eigenvalue weighted by molar-refractivity contribution is 5.52. The monoisotopic (exact) mass is 166 g/mol. The maximum Gasteiger partial charge on any atom is 0.335 e. The van der Waals surface area contributed by atoms with Crippen LogP contribution < -0.4 is 4.57 Å². The number of aryl methyl sites for hydroxylation is 1. The van der Waals surface area contributed by atoms with Crippen molar-refractivity contribution in [1.82, 2.24) is 0 Å². The zero-order chi connectivity index (χ0) is 9.56. The fourth-order valence-corrected chi connectivity index (χ4v) is 0.824. The number of nitrogens with zero attached hydrogens (tertiary/aromatic N) is 1. The Bertz CT molecular complexity index is 261. The lowest BCUT2D eigenvalue weighted by atomic mass is 10.3. The predicted octanol–water partition coefficient (Wildman–Crippen LogP) is 2.42. The van der Waals surface area contributed by atoms with E-state index in [4.69, 9.17) is 4.42 Å². The normalized spacial score (nSPS) is 8.25. The van der Waals surface area contributed by atoms with Gasteiger partial charge < -0.3 is 4.42 Å². The van der Waals surface area contributed by atoms with E-state index in [-0.39, 0.29) is 0 Å². The standard InChI is InChI=1S/C8H10NO.C2H6/c1-4-7-8(5-2)10-6-9(7)3;1-2/h4-6H,1-2H2,3H3;1-2H3/q+1;. The first-order chi connectivity index (χ1) is 5.79. The minimum Gasteiger partial charge on any atom is -0.404 e. The van der Waals surface area contributed by atoms with Gasteiger partial charge in [0, 0.05) is 6.08 Å². The van der Waals surface area contributed by atoms with Crippen LogP contribution in [0, 0.1) is 0 Å². The van der Waals surface area contributed by atoms with Gasteiger partial charge in [0.25, 0.3) is 0 Å². The van der Waals surface area contributed by atoms with Gasteiger partial charge in [-0.25, -0.2) is 0 Å². The van der Waals surface area contributed by atoms with E-state index in [0.717, 1.165) is 11.5 Å². The van der Waals surface area contributed by atoms with Crippen molar-refractivity contribution < 1.29 is 8.98 Å². The fraction of sp³-hybridized carbons (Fsp3) is 0.300. The Morgan fingerprint density at radius 2 is 1.92 bits per heavy atom. The maximum atomic E-state index is 5.11. The van der Waals surface area contributed by atoms with Crippen LogP contribution in [0.2, 0.25) is 0 Å². The first-order valence-corrected chi connectivity index (χ1v) is 4.01. The Morgan fingerprint density at radius 3 is 2.25 bits per heavy atom. The van der Waals surface area contributed by atoms with Crippen molar-refractivity contribution in [3.63, 3.8) is 0 Å². The molecule has 0 aliphatic carbocycles. The Morgan fingerprint density at radius 1 is 1.33 bits per heavy atom. The van der Waals surface area contributed by atoms with Crippen LogP contribution in [0.1, 0.15) is 25.3 Å². The van der Waals surface area contributed by atoms with E-state index in [1.807, 2.05) is 25.5 Å². The van der Waals surface area contributed by atoms with Crippen molar-refractivity contribution in [2.24, 2.45) is 7.05 Å². The summed E-state index contributed by atoms with van der Waals surface area (Å²) in [7, 11) is 1.90. The fourth-order valence-electron chi connectivity index (χ4n) is 0.824. The summed E-state index contributed by atoms with van der Waals surface area (Å²) in [5.41, 5.74) is 0.954.